The molecule has 0 saturated carbocycles. The minimum atomic E-state index is 0.426. The van der Waals surface area contributed by atoms with Crippen molar-refractivity contribution in [1.82, 2.24) is 0 Å². The lowest BCUT2D eigenvalue weighted by Crippen LogP contribution is -1.98. The summed E-state index contributed by atoms with van der Waals surface area (Å²) in [7, 11) is 0. The van der Waals surface area contributed by atoms with Crippen molar-refractivity contribution in [2.75, 3.05) is 5.32 Å². The first-order valence-electron chi connectivity index (χ1n) is 4.96. The second kappa shape index (κ2) is 5.81. The highest BCUT2D eigenvalue weighted by Gasteiger charge is 2.06. The summed E-state index contributed by atoms with van der Waals surface area (Å²) in [6, 6.07) is 7.21. The summed E-state index contributed by atoms with van der Waals surface area (Å²) in [5.41, 5.74) is 1.38. The number of halogens is 3. The number of benzene rings is 1. The first kappa shape index (κ1) is 13.5. The van der Waals surface area contributed by atoms with Crippen LogP contribution in [0.15, 0.2) is 23.6 Å². The third kappa shape index (κ3) is 3.09. The van der Waals surface area contributed by atoms with Gasteiger partial charge in [-0.15, -0.1) is 11.3 Å². The van der Waals surface area contributed by atoms with Gasteiger partial charge in [0, 0.05) is 16.8 Å². The Balaban J connectivity index is 2.11. The molecule has 1 heterocycles. The number of hydrogen-bond donors (Lipinski definition) is 1. The molecule has 1 aromatic heterocycles. The predicted octanol–water partition coefficient (Wildman–Crippen LogP) is 5.19. The van der Waals surface area contributed by atoms with E-state index in [2.05, 4.69) is 11.4 Å². The maximum absolute atomic E-state index is 8.73. The van der Waals surface area contributed by atoms with Gasteiger partial charge in [0.25, 0.3) is 0 Å². The molecule has 0 unspecified atom stereocenters. The second-order valence-corrected chi connectivity index (χ2v) is 5.73. The van der Waals surface area contributed by atoms with E-state index >= 15 is 0 Å². The highest BCUT2D eigenvalue weighted by Crippen LogP contribution is 2.32. The molecule has 2 aromatic rings. The molecule has 1 aromatic carbocycles. The predicted molar refractivity (Wildman–Crippen MR) is 77.8 cm³/mol. The summed E-state index contributed by atoms with van der Waals surface area (Å²) in [5.74, 6) is 0. The minimum absolute atomic E-state index is 0.426. The van der Waals surface area contributed by atoms with E-state index in [1.54, 1.807) is 12.1 Å². The standard InChI is InChI=1S/C12H7Cl3N2S/c13-9-2-11(15)12(3-10(9)14)17-5-8-1-7(4-16)6-18-8/h1-3,6,17H,5H2. The maximum Gasteiger partial charge on any atom is 0.100 e. The highest BCUT2D eigenvalue weighted by molar-refractivity contribution is 7.10. The lowest BCUT2D eigenvalue weighted by molar-refractivity contribution is 1.19. The summed E-state index contributed by atoms with van der Waals surface area (Å²) in [6.07, 6.45) is 0. The summed E-state index contributed by atoms with van der Waals surface area (Å²) < 4.78 is 0. The largest absolute Gasteiger partial charge is 0.379 e. The molecule has 0 saturated heterocycles. The van der Waals surface area contributed by atoms with Crippen molar-refractivity contribution >= 4 is 51.8 Å². The fraction of sp³-hybridized carbons (Fsp3) is 0.0833. The van der Waals surface area contributed by atoms with Crippen LogP contribution in [0.1, 0.15) is 10.4 Å². The lowest BCUT2D eigenvalue weighted by Gasteiger charge is -2.08. The number of nitrogens with one attached hydrogen (secondary N) is 1. The van der Waals surface area contributed by atoms with E-state index in [0.717, 1.165) is 10.6 Å². The number of anilines is 1. The molecular formula is C12H7Cl3N2S. The van der Waals surface area contributed by atoms with Crippen LogP contribution in [0.5, 0.6) is 0 Å². The van der Waals surface area contributed by atoms with Gasteiger partial charge in [-0.1, -0.05) is 34.8 Å². The smallest absolute Gasteiger partial charge is 0.100 e. The zero-order valence-electron chi connectivity index (χ0n) is 9.01. The van der Waals surface area contributed by atoms with Gasteiger partial charge >= 0.3 is 0 Å². The molecular weight excluding hydrogens is 311 g/mol. The molecule has 0 radical (unpaired) electrons. The van der Waals surface area contributed by atoms with Gasteiger partial charge in [0.15, 0.2) is 0 Å². The Labute approximate surface area is 124 Å². The van der Waals surface area contributed by atoms with Gasteiger partial charge in [0.1, 0.15) is 6.07 Å². The van der Waals surface area contributed by atoms with E-state index in [1.807, 2.05) is 11.4 Å². The number of nitriles is 1. The number of rotatable bonds is 3. The fourth-order valence-electron chi connectivity index (χ4n) is 1.37. The van der Waals surface area contributed by atoms with Crippen LogP contribution in [0.3, 0.4) is 0 Å². The van der Waals surface area contributed by atoms with Gasteiger partial charge in [-0.2, -0.15) is 5.26 Å². The van der Waals surface area contributed by atoms with Crippen LogP contribution in [-0.2, 0) is 6.54 Å². The van der Waals surface area contributed by atoms with Crippen molar-refractivity contribution in [2.24, 2.45) is 0 Å². The first-order valence-corrected chi connectivity index (χ1v) is 6.97. The van der Waals surface area contributed by atoms with Gasteiger partial charge in [-0.25, -0.2) is 0 Å². The average Bonchev–Trinajstić information content (AvgIpc) is 2.80. The SMILES string of the molecule is N#Cc1csc(CNc2cc(Cl)c(Cl)cc2Cl)c1. The molecule has 6 heteroatoms. The quantitative estimate of drug-likeness (QED) is 0.790. The second-order valence-electron chi connectivity index (χ2n) is 3.51. The van der Waals surface area contributed by atoms with Crippen LogP contribution in [0.2, 0.25) is 15.1 Å². The topological polar surface area (TPSA) is 35.8 Å². The van der Waals surface area contributed by atoms with E-state index in [9.17, 15) is 0 Å². The van der Waals surface area contributed by atoms with Crippen molar-refractivity contribution in [2.45, 2.75) is 6.54 Å². The number of hydrogen-bond acceptors (Lipinski definition) is 3. The molecule has 0 spiro atoms. The Kier molecular flexibility index (Phi) is 4.36. The Bertz CT molecular complexity index is 616. The fourth-order valence-corrected chi connectivity index (χ4v) is 2.74. The summed E-state index contributed by atoms with van der Waals surface area (Å²) >= 11 is 19.3. The van der Waals surface area contributed by atoms with Crippen LogP contribution >= 0.6 is 46.1 Å². The summed E-state index contributed by atoms with van der Waals surface area (Å²) in [4.78, 5) is 1.05. The average molecular weight is 318 g/mol. The normalized spacial score (nSPS) is 10.1. The summed E-state index contributed by atoms with van der Waals surface area (Å²) in [6.45, 7) is 0.587. The maximum atomic E-state index is 8.73. The van der Waals surface area contributed by atoms with E-state index in [1.165, 1.54) is 11.3 Å². The van der Waals surface area contributed by atoms with E-state index in [-0.39, 0.29) is 0 Å². The molecule has 0 aliphatic rings. The Morgan fingerprint density at radius 3 is 2.50 bits per heavy atom. The molecule has 2 nitrogen and oxygen atoms in total. The molecule has 0 aliphatic heterocycles. The molecule has 18 heavy (non-hydrogen) atoms. The monoisotopic (exact) mass is 316 g/mol. The molecule has 0 fully saturated rings. The number of nitrogens with zero attached hydrogens (tertiary/aromatic N) is 1. The van der Waals surface area contributed by atoms with Gasteiger partial charge in [0.05, 0.1) is 26.3 Å². The molecule has 92 valence electrons. The first-order chi connectivity index (χ1) is 8.60. The highest BCUT2D eigenvalue weighted by atomic mass is 35.5. The van der Waals surface area contributed by atoms with Gasteiger partial charge < -0.3 is 5.32 Å². The molecule has 0 aliphatic carbocycles. The van der Waals surface area contributed by atoms with Crippen molar-refractivity contribution in [1.29, 1.82) is 5.26 Å². The molecule has 0 bridgehead atoms. The third-order valence-corrected chi connectivity index (χ3v) is 4.22. The minimum Gasteiger partial charge on any atom is -0.379 e. The molecule has 1 N–H and O–H groups in total. The molecule has 2 rings (SSSR count). The number of thiophene rings is 1. The van der Waals surface area contributed by atoms with E-state index < -0.39 is 0 Å². The third-order valence-electron chi connectivity index (χ3n) is 2.25. The Hall–Kier alpha value is -0.920. The zero-order valence-corrected chi connectivity index (χ0v) is 12.1. The van der Waals surface area contributed by atoms with Crippen LogP contribution in [0, 0.1) is 11.3 Å². The van der Waals surface area contributed by atoms with E-state index in [0.29, 0.717) is 27.2 Å². The molecule has 0 amide bonds. The van der Waals surface area contributed by atoms with Gasteiger partial charge in [-0.05, 0) is 18.2 Å². The van der Waals surface area contributed by atoms with Crippen molar-refractivity contribution < 1.29 is 0 Å². The van der Waals surface area contributed by atoms with Crippen LogP contribution in [-0.4, -0.2) is 0 Å². The van der Waals surface area contributed by atoms with Crippen molar-refractivity contribution in [3.05, 3.63) is 49.1 Å². The van der Waals surface area contributed by atoms with Crippen molar-refractivity contribution in [3.8, 4) is 6.07 Å². The van der Waals surface area contributed by atoms with Crippen LogP contribution < -0.4 is 5.32 Å². The Morgan fingerprint density at radius 1 is 1.11 bits per heavy atom. The zero-order chi connectivity index (χ0) is 13.1. The molecule has 0 atom stereocenters. The summed E-state index contributed by atoms with van der Waals surface area (Å²) in [5, 5.41) is 15.1. The van der Waals surface area contributed by atoms with Gasteiger partial charge in [-0.3, -0.25) is 0 Å². The Morgan fingerprint density at radius 2 is 1.83 bits per heavy atom. The van der Waals surface area contributed by atoms with Crippen molar-refractivity contribution in [3.63, 3.8) is 0 Å². The van der Waals surface area contributed by atoms with Crippen LogP contribution in [0.25, 0.3) is 0 Å². The van der Waals surface area contributed by atoms with Crippen LogP contribution in [0.4, 0.5) is 5.69 Å². The van der Waals surface area contributed by atoms with Gasteiger partial charge in [0.2, 0.25) is 0 Å². The van der Waals surface area contributed by atoms with E-state index in [4.69, 9.17) is 40.1 Å². The lowest BCUT2D eigenvalue weighted by atomic mass is 10.3.